The lowest BCUT2D eigenvalue weighted by Crippen LogP contribution is -2.50. The molecule has 1 saturated heterocycles. The van der Waals surface area contributed by atoms with E-state index >= 15 is 0 Å². The molecule has 6 nitrogen and oxygen atoms in total. The molecule has 1 aliphatic heterocycles. The number of rotatable bonds is 4. The van der Waals surface area contributed by atoms with Crippen LogP contribution in [0.1, 0.15) is 10.6 Å². The minimum atomic E-state index is -0.120. The zero-order chi connectivity index (χ0) is 19.5. The lowest BCUT2D eigenvalue weighted by atomic mass is 10.2. The Balaban J connectivity index is 1.31. The summed E-state index contributed by atoms with van der Waals surface area (Å²) in [6.07, 6.45) is 0. The number of para-hydroxylation sites is 2. The molecule has 0 unspecified atom stereocenters. The molecule has 4 rings (SSSR count). The van der Waals surface area contributed by atoms with Crippen LogP contribution in [0.2, 0.25) is 5.02 Å². The third-order valence-electron chi connectivity index (χ3n) is 4.81. The molecule has 0 bridgehead atoms. The van der Waals surface area contributed by atoms with Crippen molar-refractivity contribution in [2.24, 2.45) is 0 Å². The highest BCUT2D eigenvalue weighted by Gasteiger charge is 2.25. The number of carbonyl (C=O) groups is 2. The van der Waals surface area contributed by atoms with Gasteiger partial charge >= 0.3 is 0 Å². The first-order valence-corrected chi connectivity index (χ1v) is 9.52. The Bertz CT molecular complexity index is 976. The van der Waals surface area contributed by atoms with E-state index < -0.39 is 0 Å². The first kappa shape index (κ1) is 18.5. The number of halogens is 1. The number of hydrogen-bond donors (Lipinski definition) is 1. The van der Waals surface area contributed by atoms with Gasteiger partial charge in [-0.05, 0) is 24.3 Å². The third kappa shape index (κ3) is 4.03. The van der Waals surface area contributed by atoms with Crippen LogP contribution in [0.25, 0.3) is 11.0 Å². The van der Waals surface area contributed by atoms with Crippen molar-refractivity contribution in [1.82, 2.24) is 9.80 Å². The molecule has 144 valence electrons. The molecule has 2 amide bonds. The largest absolute Gasteiger partial charge is 0.451 e. The summed E-state index contributed by atoms with van der Waals surface area (Å²) in [7, 11) is 0. The zero-order valence-electron chi connectivity index (χ0n) is 15.2. The fourth-order valence-corrected chi connectivity index (χ4v) is 3.49. The van der Waals surface area contributed by atoms with Crippen molar-refractivity contribution in [3.05, 3.63) is 65.4 Å². The molecule has 0 aliphatic carbocycles. The summed E-state index contributed by atoms with van der Waals surface area (Å²) in [5.41, 5.74) is 1.31. The normalized spacial score (nSPS) is 15.0. The van der Waals surface area contributed by atoms with Crippen molar-refractivity contribution >= 4 is 40.1 Å². The molecule has 0 radical (unpaired) electrons. The molecule has 0 saturated carbocycles. The van der Waals surface area contributed by atoms with Crippen molar-refractivity contribution in [2.45, 2.75) is 0 Å². The van der Waals surface area contributed by atoms with Gasteiger partial charge in [0.2, 0.25) is 5.91 Å². The molecule has 3 aromatic rings. The van der Waals surface area contributed by atoms with Gasteiger partial charge in [-0.2, -0.15) is 0 Å². The van der Waals surface area contributed by atoms with Crippen LogP contribution in [0.15, 0.2) is 59.0 Å². The maximum absolute atomic E-state index is 12.7. The molecular weight excluding hydrogens is 378 g/mol. The monoisotopic (exact) mass is 397 g/mol. The molecule has 28 heavy (non-hydrogen) atoms. The predicted octanol–water partition coefficient (Wildman–Crippen LogP) is 3.48. The van der Waals surface area contributed by atoms with Gasteiger partial charge in [-0.3, -0.25) is 14.5 Å². The third-order valence-corrected chi connectivity index (χ3v) is 5.14. The average molecular weight is 398 g/mol. The van der Waals surface area contributed by atoms with E-state index in [4.69, 9.17) is 16.0 Å². The van der Waals surface area contributed by atoms with Gasteiger partial charge in [-0.1, -0.05) is 41.9 Å². The number of benzene rings is 2. The number of carbonyl (C=O) groups excluding carboxylic acids is 2. The summed E-state index contributed by atoms with van der Waals surface area (Å²) < 4.78 is 5.67. The average Bonchev–Trinajstić information content (AvgIpc) is 3.14. The summed E-state index contributed by atoms with van der Waals surface area (Å²) in [5.74, 6) is 0.118. The number of hydrogen-bond acceptors (Lipinski definition) is 4. The number of amides is 2. The lowest BCUT2D eigenvalue weighted by molar-refractivity contribution is -0.117. The van der Waals surface area contributed by atoms with Crippen molar-refractivity contribution in [2.75, 3.05) is 38.0 Å². The van der Waals surface area contributed by atoms with E-state index in [1.165, 1.54) is 0 Å². The molecule has 7 heteroatoms. The van der Waals surface area contributed by atoms with Crippen LogP contribution in [0.5, 0.6) is 0 Å². The summed E-state index contributed by atoms with van der Waals surface area (Å²) in [6.45, 7) is 2.62. The number of nitrogens with zero attached hydrogens (tertiary/aromatic N) is 2. The van der Waals surface area contributed by atoms with Crippen molar-refractivity contribution in [3.8, 4) is 0 Å². The maximum Gasteiger partial charge on any atom is 0.289 e. The highest BCUT2D eigenvalue weighted by molar-refractivity contribution is 6.33. The van der Waals surface area contributed by atoms with Crippen LogP contribution in [-0.2, 0) is 4.79 Å². The summed E-state index contributed by atoms with van der Waals surface area (Å²) in [6, 6.07) is 16.5. The van der Waals surface area contributed by atoms with E-state index in [1.807, 2.05) is 41.3 Å². The van der Waals surface area contributed by atoms with E-state index in [0.717, 1.165) is 5.39 Å². The van der Waals surface area contributed by atoms with Gasteiger partial charge in [0.1, 0.15) is 5.58 Å². The Labute approximate surface area is 167 Å². The Morgan fingerprint density at radius 1 is 1.00 bits per heavy atom. The first-order chi connectivity index (χ1) is 13.6. The Morgan fingerprint density at radius 3 is 2.46 bits per heavy atom. The molecule has 1 fully saturated rings. The summed E-state index contributed by atoms with van der Waals surface area (Å²) in [5, 5.41) is 4.25. The molecule has 1 N–H and O–H groups in total. The number of piperazine rings is 1. The zero-order valence-corrected chi connectivity index (χ0v) is 16.0. The van der Waals surface area contributed by atoms with Gasteiger partial charge in [0.05, 0.1) is 17.3 Å². The molecule has 1 aliphatic rings. The van der Waals surface area contributed by atoms with E-state index in [1.54, 1.807) is 23.1 Å². The van der Waals surface area contributed by atoms with Crippen molar-refractivity contribution < 1.29 is 14.0 Å². The van der Waals surface area contributed by atoms with Gasteiger partial charge in [-0.15, -0.1) is 0 Å². The SMILES string of the molecule is O=C(CN1CCN(C(=O)c2cc3ccccc3o2)CC1)Nc1ccccc1Cl. The topological polar surface area (TPSA) is 65.8 Å². The quantitative estimate of drug-likeness (QED) is 0.732. The smallest absolute Gasteiger partial charge is 0.289 e. The molecule has 1 aromatic heterocycles. The van der Waals surface area contributed by atoms with Crippen LogP contribution in [0.3, 0.4) is 0 Å². The van der Waals surface area contributed by atoms with Gasteiger partial charge in [0.25, 0.3) is 5.91 Å². The highest BCUT2D eigenvalue weighted by Crippen LogP contribution is 2.21. The highest BCUT2D eigenvalue weighted by atomic mass is 35.5. The number of fused-ring (bicyclic) bond motifs is 1. The predicted molar refractivity (Wildman–Crippen MR) is 109 cm³/mol. The number of furan rings is 1. The van der Waals surface area contributed by atoms with Gasteiger partial charge in [-0.25, -0.2) is 0 Å². The Kier molecular flexibility index (Phi) is 5.32. The maximum atomic E-state index is 12.7. The minimum absolute atomic E-state index is 0.114. The van der Waals surface area contributed by atoms with E-state index in [2.05, 4.69) is 5.32 Å². The van der Waals surface area contributed by atoms with Gasteiger partial charge < -0.3 is 14.6 Å². The fourth-order valence-electron chi connectivity index (χ4n) is 3.31. The number of nitrogens with one attached hydrogen (secondary N) is 1. The summed E-state index contributed by atoms with van der Waals surface area (Å²) in [4.78, 5) is 28.7. The first-order valence-electron chi connectivity index (χ1n) is 9.15. The standard InChI is InChI=1S/C21H20ClN3O3/c22-16-6-2-3-7-17(16)23-20(26)14-24-9-11-25(12-10-24)21(27)19-13-15-5-1-4-8-18(15)28-19/h1-8,13H,9-12,14H2,(H,23,26). The molecular formula is C21H20ClN3O3. The van der Waals surface area contributed by atoms with Gasteiger partial charge in [0, 0.05) is 31.6 Å². The number of anilines is 1. The van der Waals surface area contributed by atoms with E-state index in [9.17, 15) is 9.59 Å². The second-order valence-corrected chi connectivity index (χ2v) is 7.15. The second kappa shape index (κ2) is 8.04. The molecule has 0 spiro atoms. The van der Waals surface area contributed by atoms with Crippen LogP contribution in [0, 0.1) is 0 Å². The molecule has 2 aromatic carbocycles. The molecule has 0 atom stereocenters. The van der Waals surface area contributed by atoms with Crippen LogP contribution < -0.4 is 5.32 Å². The van der Waals surface area contributed by atoms with Crippen LogP contribution in [-0.4, -0.2) is 54.3 Å². The van der Waals surface area contributed by atoms with Crippen LogP contribution in [0.4, 0.5) is 5.69 Å². The van der Waals surface area contributed by atoms with E-state index in [-0.39, 0.29) is 18.4 Å². The second-order valence-electron chi connectivity index (χ2n) is 6.74. The van der Waals surface area contributed by atoms with Gasteiger partial charge in [0.15, 0.2) is 5.76 Å². The van der Waals surface area contributed by atoms with Crippen molar-refractivity contribution in [3.63, 3.8) is 0 Å². The Morgan fingerprint density at radius 2 is 1.71 bits per heavy atom. The minimum Gasteiger partial charge on any atom is -0.451 e. The Hall–Kier alpha value is -2.83. The lowest BCUT2D eigenvalue weighted by Gasteiger charge is -2.33. The van der Waals surface area contributed by atoms with E-state index in [0.29, 0.717) is 48.2 Å². The fraction of sp³-hybridized carbons (Fsp3) is 0.238. The van der Waals surface area contributed by atoms with Crippen molar-refractivity contribution in [1.29, 1.82) is 0 Å². The summed E-state index contributed by atoms with van der Waals surface area (Å²) >= 11 is 6.07. The molecule has 2 heterocycles. The van der Waals surface area contributed by atoms with Crippen LogP contribution >= 0.6 is 11.6 Å².